The second-order valence-electron chi connectivity index (χ2n) is 9.63. The first-order valence-corrected chi connectivity index (χ1v) is 14.8. The van der Waals surface area contributed by atoms with Crippen LogP contribution in [0.25, 0.3) is 6.08 Å². The summed E-state index contributed by atoms with van der Waals surface area (Å²) in [6.45, 7) is 2.91. The van der Waals surface area contributed by atoms with Crippen LogP contribution in [-0.4, -0.2) is 36.2 Å². The fourth-order valence-corrected chi connectivity index (χ4v) is 5.35. The van der Waals surface area contributed by atoms with E-state index in [0.717, 1.165) is 10.5 Å². The van der Waals surface area contributed by atoms with Crippen molar-refractivity contribution in [2.45, 2.75) is 23.5 Å². The summed E-state index contributed by atoms with van der Waals surface area (Å²) >= 11 is 1.40. The van der Waals surface area contributed by atoms with Gasteiger partial charge in [0, 0.05) is 27.9 Å². The molecule has 4 aromatic rings. The molecule has 5 rings (SSSR count). The number of rotatable bonds is 10. The summed E-state index contributed by atoms with van der Waals surface area (Å²) in [4.78, 5) is 40.2. The maximum absolute atomic E-state index is 13.4. The van der Waals surface area contributed by atoms with Crippen LogP contribution in [0.2, 0.25) is 0 Å². The van der Waals surface area contributed by atoms with Gasteiger partial charge in [-0.3, -0.25) is 14.4 Å². The van der Waals surface area contributed by atoms with E-state index in [1.807, 2.05) is 61.5 Å². The monoisotopic (exact) mass is 593 g/mol. The predicted octanol–water partition coefficient (Wildman–Crippen LogP) is 6.38. The van der Waals surface area contributed by atoms with Crippen LogP contribution in [0.15, 0.2) is 114 Å². The summed E-state index contributed by atoms with van der Waals surface area (Å²) in [7, 11) is 0. The molecule has 0 saturated heterocycles. The van der Waals surface area contributed by atoms with E-state index in [4.69, 9.17) is 9.47 Å². The van der Waals surface area contributed by atoms with E-state index in [2.05, 4.69) is 16.0 Å². The highest BCUT2D eigenvalue weighted by Gasteiger charge is 2.21. The SMILES string of the molecule is CCC(Sc1cccc(NC(=O)/C(=C/c2ccccc2)NC(=O)c2ccccc2)c1)C(=O)Nc1ccc2c(c1)OCCO2. The summed E-state index contributed by atoms with van der Waals surface area (Å²) in [5, 5.41) is 8.23. The fraction of sp³-hybridized carbons (Fsp3) is 0.147. The van der Waals surface area contributed by atoms with Crippen molar-refractivity contribution in [3.05, 3.63) is 120 Å². The van der Waals surface area contributed by atoms with E-state index >= 15 is 0 Å². The number of anilines is 2. The van der Waals surface area contributed by atoms with Gasteiger partial charge in [-0.25, -0.2) is 0 Å². The Labute approximate surface area is 254 Å². The summed E-state index contributed by atoms with van der Waals surface area (Å²) in [6, 6.07) is 30.6. The number of carbonyl (C=O) groups is 3. The Morgan fingerprint density at radius 3 is 2.23 bits per heavy atom. The molecule has 3 amide bonds. The number of hydrogen-bond acceptors (Lipinski definition) is 6. The molecular formula is C34H31N3O5S. The van der Waals surface area contributed by atoms with Crippen LogP contribution in [0.4, 0.5) is 11.4 Å². The van der Waals surface area contributed by atoms with Crippen LogP contribution in [0, 0.1) is 0 Å². The van der Waals surface area contributed by atoms with Gasteiger partial charge < -0.3 is 25.4 Å². The van der Waals surface area contributed by atoms with Crippen molar-refractivity contribution in [3.63, 3.8) is 0 Å². The fourth-order valence-electron chi connectivity index (χ4n) is 4.33. The van der Waals surface area contributed by atoms with Gasteiger partial charge in [0.2, 0.25) is 5.91 Å². The van der Waals surface area contributed by atoms with Crippen molar-refractivity contribution in [1.29, 1.82) is 0 Å². The molecule has 9 heteroatoms. The molecule has 0 aromatic heterocycles. The zero-order chi connectivity index (χ0) is 30.0. The van der Waals surface area contributed by atoms with Crippen LogP contribution in [-0.2, 0) is 9.59 Å². The number of benzene rings is 4. The Bertz CT molecular complexity index is 1630. The van der Waals surface area contributed by atoms with Gasteiger partial charge in [0.25, 0.3) is 11.8 Å². The van der Waals surface area contributed by atoms with Crippen molar-refractivity contribution in [2.75, 3.05) is 23.8 Å². The van der Waals surface area contributed by atoms with E-state index in [1.165, 1.54) is 11.8 Å². The van der Waals surface area contributed by atoms with Crippen LogP contribution >= 0.6 is 11.8 Å². The third-order valence-corrected chi connectivity index (χ3v) is 7.84. The van der Waals surface area contributed by atoms with Crippen molar-refractivity contribution in [1.82, 2.24) is 5.32 Å². The first-order chi connectivity index (χ1) is 21.0. The number of carbonyl (C=O) groups excluding carboxylic acids is 3. The summed E-state index contributed by atoms with van der Waals surface area (Å²) in [5.74, 6) is 0.255. The van der Waals surface area contributed by atoms with Crippen LogP contribution in [0.1, 0.15) is 29.3 Å². The molecule has 43 heavy (non-hydrogen) atoms. The van der Waals surface area contributed by atoms with E-state index in [1.54, 1.807) is 54.6 Å². The number of fused-ring (bicyclic) bond motifs is 1. The Morgan fingerprint density at radius 1 is 0.791 bits per heavy atom. The highest BCUT2D eigenvalue weighted by atomic mass is 32.2. The second-order valence-corrected chi connectivity index (χ2v) is 10.9. The van der Waals surface area contributed by atoms with Crippen molar-refractivity contribution >= 4 is 46.9 Å². The van der Waals surface area contributed by atoms with E-state index < -0.39 is 11.8 Å². The minimum absolute atomic E-state index is 0.100. The van der Waals surface area contributed by atoms with E-state index in [0.29, 0.717) is 48.1 Å². The van der Waals surface area contributed by atoms with Crippen molar-refractivity contribution in [3.8, 4) is 11.5 Å². The molecule has 1 unspecified atom stereocenters. The van der Waals surface area contributed by atoms with E-state index in [9.17, 15) is 14.4 Å². The van der Waals surface area contributed by atoms with Gasteiger partial charge in [-0.2, -0.15) is 0 Å². The van der Waals surface area contributed by atoms with Gasteiger partial charge in [0.15, 0.2) is 11.5 Å². The maximum Gasteiger partial charge on any atom is 0.272 e. The molecule has 8 nitrogen and oxygen atoms in total. The third-order valence-electron chi connectivity index (χ3n) is 6.48. The second kappa shape index (κ2) is 14.2. The summed E-state index contributed by atoms with van der Waals surface area (Å²) in [6.07, 6.45) is 2.22. The number of nitrogens with one attached hydrogen (secondary N) is 3. The lowest BCUT2D eigenvalue weighted by molar-refractivity contribution is -0.116. The number of thioether (sulfide) groups is 1. The molecule has 0 bridgehead atoms. The molecule has 1 aliphatic heterocycles. The molecule has 1 aliphatic rings. The Kier molecular flexibility index (Phi) is 9.76. The van der Waals surface area contributed by atoms with Gasteiger partial charge in [-0.15, -0.1) is 11.8 Å². The zero-order valence-electron chi connectivity index (χ0n) is 23.5. The van der Waals surface area contributed by atoms with Gasteiger partial charge in [0.1, 0.15) is 18.9 Å². The van der Waals surface area contributed by atoms with Gasteiger partial charge >= 0.3 is 0 Å². The van der Waals surface area contributed by atoms with Crippen molar-refractivity contribution < 1.29 is 23.9 Å². The topological polar surface area (TPSA) is 106 Å². The standard InChI is InChI=1S/C34H31N3O5S/c1-2-31(34(40)36-26-16-17-29-30(22-26)42-19-18-41-29)43-27-15-9-14-25(21-27)35-33(39)28(20-23-10-5-3-6-11-23)37-32(38)24-12-7-4-8-13-24/h3-17,20-22,31H,2,18-19H2,1H3,(H,35,39)(H,36,40)(H,37,38)/b28-20-. The normalized spacial score (nSPS) is 13.0. The lowest BCUT2D eigenvalue weighted by Gasteiger charge is -2.20. The average Bonchev–Trinajstić information content (AvgIpc) is 3.04. The minimum atomic E-state index is -0.473. The molecule has 3 N–H and O–H groups in total. The molecule has 0 radical (unpaired) electrons. The minimum Gasteiger partial charge on any atom is -0.486 e. The van der Waals surface area contributed by atoms with Gasteiger partial charge in [0.05, 0.1) is 5.25 Å². The molecule has 0 fully saturated rings. The maximum atomic E-state index is 13.4. The third kappa shape index (κ3) is 8.05. The lowest BCUT2D eigenvalue weighted by atomic mass is 10.1. The van der Waals surface area contributed by atoms with E-state index in [-0.39, 0.29) is 16.9 Å². The van der Waals surface area contributed by atoms with Crippen LogP contribution in [0.3, 0.4) is 0 Å². The predicted molar refractivity (Wildman–Crippen MR) is 169 cm³/mol. The number of hydrogen-bond donors (Lipinski definition) is 3. The number of amides is 3. The molecule has 1 heterocycles. The highest BCUT2D eigenvalue weighted by Crippen LogP contribution is 2.34. The average molecular weight is 594 g/mol. The quantitative estimate of drug-likeness (QED) is 0.146. The molecule has 0 aliphatic carbocycles. The molecule has 1 atom stereocenters. The molecule has 0 saturated carbocycles. The first kappa shape index (κ1) is 29.5. The first-order valence-electron chi connectivity index (χ1n) is 13.9. The van der Waals surface area contributed by atoms with Gasteiger partial charge in [-0.05, 0) is 60.5 Å². The van der Waals surface area contributed by atoms with Crippen LogP contribution in [0.5, 0.6) is 11.5 Å². The summed E-state index contributed by atoms with van der Waals surface area (Å²) < 4.78 is 11.2. The Hall–Kier alpha value is -5.02. The number of ether oxygens (including phenoxy) is 2. The molecular weight excluding hydrogens is 562 g/mol. The van der Waals surface area contributed by atoms with Gasteiger partial charge in [-0.1, -0.05) is 61.5 Å². The molecule has 4 aromatic carbocycles. The zero-order valence-corrected chi connectivity index (χ0v) is 24.4. The largest absolute Gasteiger partial charge is 0.486 e. The molecule has 218 valence electrons. The Morgan fingerprint density at radius 2 is 1.49 bits per heavy atom. The Balaban J connectivity index is 1.27. The smallest absolute Gasteiger partial charge is 0.272 e. The molecule has 0 spiro atoms. The van der Waals surface area contributed by atoms with Crippen molar-refractivity contribution in [2.24, 2.45) is 0 Å². The highest BCUT2D eigenvalue weighted by molar-refractivity contribution is 8.00. The summed E-state index contributed by atoms with van der Waals surface area (Å²) in [5.41, 5.74) is 2.46. The van der Waals surface area contributed by atoms with Crippen LogP contribution < -0.4 is 25.4 Å². The lowest BCUT2D eigenvalue weighted by Crippen LogP contribution is -2.30.